The summed E-state index contributed by atoms with van der Waals surface area (Å²) in [5.41, 5.74) is 0. The highest BCUT2D eigenvalue weighted by Crippen LogP contribution is 2.07. The lowest BCUT2D eigenvalue weighted by Crippen LogP contribution is -1.97. The minimum atomic E-state index is -4.44. The molecule has 0 bridgehead atoms. The number of rotatable bonds is 1. The van der Waals surface area contributed by atoms with Crippen LogP contribution >= 0.6 is 0 Å². The van der Waals surface area contributed by atoms with Gasteiger partial charge in [-0.15, -0.1) is 0 Å². The van der Waals surface area contributed by atoms with Crippen LogP contribution in [0.2, 0.25) is 0 Å². The second-order valence-electron chi connectivity index (χ2n) is 1.91. The Labute approximate surface area is 76.4 Å². The molecule has 0 saturated carbocycles. The van der Waals surface area contributed by atoms with Crippen LogP contribution in [0.15, 0.2) is 29.2 Å². The van der Waals surface area contributed by atoms with Gasteiger partial charge in [0.25, 0.3) is 0 Å². The van der Waals surface area contributed by atoms with Gasteiger partial charge in [0.15, 0.2) is 0 Å². The van der Waals surface area contributed by atoms with Crippen LogP contribution in [0.5, 0.6) is 0 Å². The average molecular weight is 210 g/mol. The molecule has 0 saturated heterocycles. The molecule has 68 valence electrons. The summed E-state index contributed by atoms with van der Waals surface area (Å²) in [5.74, 6) is -0.572. The van der Waals surface area contributed by atoms with E-state index in [4.69, 9.17) is 0 Å². The van der Waals surface area contributed by atoms with Gasteiger partial charge in [0, 0.05) is 0 Å². The average Bonchev–Trinajstić information content (AvgIpc) is 1.86. The van der Waals surface area contributed by atoms with E-state index in [0.717, 1.165) is 24.3 Å². The van der Waals surface area contributed by atoms with E-state index in [-0.39, 0.29) is 13.5 Å². The summed E-state index contributed by atoms with van der Waals surface area (Å²) in [4.78, 5) is -0.418. The second kappa shape index (κ2) is 3.88. The molecular formula is C6H7FO3S2. The van der Waals surface area contributed by atoms with E-state index < -0.39 is 20.8 Å². The second-order valence-corrected chi connectivity index (χ2v) is 3.29. The molecule has 1 aromatic rings. The first kappa shape index (κ1) is 11.4. The lowest BCUT2D eigenvalue weighted by Gasteiger charge is -2.04. The largest absolute Gasteiger partial charge is 0.744 e. The molecule has 0 aromatic heterocycles. The quantitative estimate of drug-likeness (QED) is 0.481. The molecule has 0 aliphatic rings. The molecule has 0 radical (unpaired) electrons. The zero-order valence-corrected chi connectivity index (χ0v) is 7.87. The zero-order chi connectivity index (χ0) is 8.48. The fourth-order valence-electron chi connectivity index (χ4n) is 0.601. The summed E-state index contributed by atoms with van der Waals surface area (Å²) in [7, 11) is -4.44. The molecule has 0 spiro atoms. The van der Waals surface area contributed by atoms with Gasteiger partial charge in [0.1, 0.15) is 15.9 Å². The van der Waals surface area contributed by atoms with Crippen LogP contribution in [0.3, 0.4) is 0 Å². The van der Waals surface area contributed by atoms with Gasteiger partial charge in [-0.2, -0.15) is 0 Å². The first-order chi connectivity index (χ1) is 5.00. The molecule has 0 unspecified atom stereocenters. The highest BCUT2D eigenvalue weighted by molar-refractivity contribution is 7.85. The van der Waals surface area contributed by atoms with Gasteiger partial charge >= 0.3 is 0 Å². The number of hydrogen-bond donors (Lipinski definition) is 0. The summed E-state index contributed by atoms with van der Waals surface area (Å²) in [6.07, 6.45) is 0. The van der Waals surface area contributed by atoms with Crippen LogP contribution in [0, 0.1) is 5.82 Å². The summed E-state index contributed by atoms with van der Waals surface area (Å²) in [6, 6.07) is 3.70. The summed E-state index contributed by atoms with van der Waals surface area (Å²) >= 11 is 0. The Kier molecular flexibility index (Phi) is 3.69. The first-order valence-corrected chi connectivity index (χ1v) is 4.12. The Morgan fingerprint density at radius 3 is 1.92 bits per heavy atom. The Hall–Kier alpha value is -0.590. The van der Waals surface area contributed by atoms with Crippen molar-refractivity contribution in [3.63, 3.8) is 0 Å². The predicted molar refractivity (Wildman–Crippen MR) is 45.9 cm³/mol. The molecule has 0 atom stereocenters. The van der Waals surface area contributed by atoms with Gasteiger partial charge in [0.2, 0.25) is 0 Å². The van der Waals surface area contributed by atoms with Gasteiger partial charge in [-0.1, -0.05) is 13.5 Å². The smallest absolute Gasteiger partial charge is 0.124 e. The molecule has 12 heavy (non-hydrogen) atoms. The molecule has 0 aliphatic heterocycles. The van der Waals surface area contributed by atoms with E-state index in [1.54, 1.807) is 0 Å². The Morgan fingerprint density at radius 2 is 1.58 bits per heavy atom. The minimum Gasteiger partial charge on any atom is -0.744 e. The van der Waals surface area contributed by atoms with Gasteiger partial charge < -0.3 is 4.55 Å². The van der Waals surface area contributed by atoms with Crippen LogP contribution in [0.25, 0.3) is 0 Å². The third kappa shape index (κ3) is 2.80. The first-order valence-electron chi connectivity index (χ1n) is 2.71. The molecule has 0 aliphatic carbocycles. The minimum absolute atomic E-state index is 0. The molecule has 0 N–H and O–H groups in total. The molecule has 0 fully saturated rings. The van der Waals surface area contributed by atoms with Crippen molar-refractivity contribution in [3.05, 3.63) is 30.1 Å². The van der Waals surface area contributed by atoms with E-state index in [1.165, 1.54) is 0 Å². The van der Waals surface area contributed by atoms with Crippen molar-refractivity contribution in [2.45, 2.75) is 4.90 Å². The van der Waals surface area contributed by atoms with E-state index in [0.29, 0.717) is 0 Å². The van der Waals surface area contributed by atoms with E-state index in [2.05, 4.69) is 0 Å². The van der Waals surface area contributed by atoms with Crippen LogP contribution in [-0.4, -0.2) is 13.0 Å². The van der Waals surface area contributed by atoms with Gasteiger partial charge in [-0.05, 0) is 24.3 Å². The third-order valence-electron chi connectivity index (χ3n) is 1.10. The van der Waals surface area contributed by atoms with Crippen molar-refractivity contribution in [2.24, 2.45) is 0 Å². The van der Waals surface area contributed by atoms with Crippen molar-refractivity contribution in [2.75, 3.05) is 0 Å². The molecule has 6 heteroatoms. The molecular weight excluding hydrogens is 203 g/mol. The SMILES string of the molecule is O=S(=O)([O-])c1ccc(F)cc1.[SH3+]. The Balaban J connectivity index is 0.00000121. The normalized spacial score (nSPS) is 10.5. The van der Waals surface area contributed by atoms with Crippen molar-refractivity contribution in [1.82, 2.24) is 0 Å². The van der Waals surface area contributed by atoms with Gasteiger partial charge in [0.05, 0.1) is 4.90 Å². The Morgan fingerprint density at radius 1 is 1.17 bits per heavy atom. The molecule has 0 amide bonds. The summed E-state index contributed by atoms with van der Waals surface area (Å²) in [6.45, 7) is 0. The molecule has 3 nitrogen and oxygen atoms in total. The standard InChI is InChI=1S/C6H5FO3S.H2S/c7-5-1-3-6(4-2-5)11(8,9)10;/h1-4H,(H,8,9,10);1H2. The summed E-state index contributed by atoms with van der Waals surface area (Å²) in [5, 5.41) is 0. The van der Waals surface area contributed by atoms with Crippen LogP contribution in [0.4, 0.5) is 4.39 Å². The van der Waals surface area contributed by atoms with Crippen LogP contribution < -0.4 is 0 Å². The maximum Gasteiger partial charge on any atom is 0.124 e. The van der Waals surface area contributed by atoms with Crippen molar-refractivity contribution < 1.29 is 17.4 Å². The Bertz CT molecular complexity index is 344. The number of hydrogen-bond acceptors (Lipinski definition) is 3. The van der Waals surface area contributed by atoms with Crippen molar-refractivity contribution >= 4 is 23.6 Å². The monoisotopic (exact) mass is 210 g/mol. The third-order valence-corrected chi connectivity index (χ3v) is 1.95. The van der Waals surface area contributed by atoms with Gasteiger partial charge in [-0.3, -0.25) is 0 Å². The topological polar surface area (TPSA) is 57.2 Å². The van der Waals surface area contributed by atoms with E-state index in [9.17, 15) is 17.4 Å². The molecule has 1 aromatic carbocycles. The predicted octanol–water partition coefficient (Wildman–Crippen LogP) is -0.0757. The number of halogens is 1. The summed E-state index contributed by atoms with van der Waals surface area (Å²) < 4.78 is 43.0. The fourth-order valence-corrected chi connectivity index (χ4v) is 1.07. The lowest BCUT2D eigenvalue weighted by atomic mass is 10.4. The highest BCUT2D eigenvalue weighted by atomic mass is 32.2. The van der Waals surface area contributed by atoms with E-state index in [1.807, 2.05) is 0 Å². The molecule has 1 rings (SSSR count). The van der Waals surface area contributed by atoms with Gasteiger partial charge in [-0.25, -0.2) is 12.8 Å². The highest BCUT2D eigenvalue weighted by Gasteiger charge is 1.99. The van der Waals surface area contributed by atoms with Crippen LogP contribution in [0.1, 0.15) is 0 Å². The van der Waals surface area contributed by atoms with Crippen LogP contribution in [-0.2, 0) is 23.6 Å². The van der Waals surface area contributed by atoms with Crippen molar-refractivity contribution in [3.8, 4) is 0 Å². The lowest BCUT2D eigenvalue weighted by molar-refractivity contribution is 0.463. The molecule has 0 heterocycles. The number of benzene rings is 1. The zero-order valence-electron chi connectivity index (χ0n) is 5.90. The maximum atomic E-state index is 12.2. The maximum absolute atomic E-state index is 12.2. The van der Waals surface area contributed by atoms with Crippen molar-refractivity contribution in [1.29, 1.82) is 0 Å². The van der Waals surface area contributed by atoms with E-state index >= 15 is 0 Å². The fraction of sp³-hybridized carbons (Fsp3) is 0.